The molecule has 0 saturated carbocycles. The van der Waals surface area contributed by atoms with Crippen LogP contribution in [0.3, 0.4) is 0 Å². The van der Waals surface area contributed by atoms with Crippen LogP contribution in [0.4, 0.5) is 5.82 Å². The van der Waals surface area contributed by atoms with E-state index >= 15 is 0 Å². The van der Waals surface area contributed by atoms with Gasteiger partial charge < -0.3 is 14.8 Å². The van der Waals surface area contributed by atoms with Crippen molar-refractivity contribution in [2.75, 3.05) is 19.2 Å². The first kappa shape index (κ1) is 14.3. The summed E-state index contributed by atoms with van der Waals surface area (Å²) in [6, 6.07) is 9.78. The van der Waals surface area contributed by atoms with Crippen molar-refractivity contribution in [2.45, 2.75) is 0 Å². The fraction of sp³-hybridized carbons (Fsp3) is 0.125. The van der Waals surface area contributed by atoms with Crippen molar-refractivity contribution in [1.29, 1.82) is 0 Å². The number of halogens is 1. The largest absolute Gasteiger partial charge is 0.454 e. The number of hydrogen-bond acceptors (Lipinski definition) is 6. The maximum atomic E-state index is 6.11. The molecule has 3 aromatic rings. The predicted molar refractivity (Wildman–Crippen MR) is 91.5 cm³/mol. The molecule has 7 heteroatoms. The molecule has 3 heterocycles. The number of anilines is 1. The third kappa shape index (κ3) is 2.50. The zero-order valence-electron chi connectivity index (χ0n) is 12.2. The number of benzene rings is 1. The van der Waals surface area contributed by atoms with Gasteiger partial charge in [0.25, 0.3) is 0 Å². The summed E-state index contributed by atoms with van der Waals surface area (Å²) >= 11 is 7.74. The molecular weight excluding hydrogens is 334 g/mol. The summed E-state index contributed by atoms with van der Waals surface area (Å²) in [6.07, 6.45) is 0. The Labute approximate surface area is 141 Å². The molecule has 116 valence electrons. The van der Waals surface area contributed by atoms with Crippen LogP contribution < -0.4 is 14.8 Å². The molecule has 4 rings (SSSR count). The fourth-order valence-corrected chi connectivity index (χ4v) is 3.46. The van der Waals surface area contributed by atoms with Gasteiger partial charge in [0.1, 0.15) is 5.82 Å². The Morgan fingerprint density at radius 3 is 2.83 bits per heavy atom. The van der Waals surface area contributed by atoms with Gasteiger partial charge in [0.2, 0.25) is 12.1 Å². The summed E-state index contributed by atoms with van der Waals surface area (Å²) in [5.41, 5.74) is 2.58. The maximum absolute atomic E-state index is 6.11. The van der Waals surface area contributed by atoms with Gasteiger partial charge in [-0.25, -0.2) is 9.97 Å². The van der Waals surface area contributed by atoms with Crippen molar-refractivity contribution in [1.82, 2.24) is 9.97 Å². The smallest absolute Gasteiger partial charge is 0.231 e. The molecule has 0 saturated heterocycles. The minimum atomic E-state index is 0.197. The van der Waals surface area contributed by atoms with Gasteiger partial charge in [-0.3, -0.25) is 0 Å². The number of rotatable bonds is 3. The van der Waals surface area contributed by atoms with Crippen molar-refractivity contribution in [2.24, 2.45) is 0 Å². The molecule has 0 atom stereocenters. The Balaban J connectivity index is 1.95. The maximum Gasteiger partial charge on any atom is 0.231 e. The Morgan fingerprint density at radius 1 is 1.17 bits per heavy atom. The number of fused-ring (bicyclic) bond motifs is 1. The lowest BCUT2D eigenvalue weighted by molar-refractivity contribution is 0.174. The average molecular weight is 346 g/mol. The number of ether oxygens (including phenoxy) is 2. The van der Waals surface area contributed by atoms with Crippen LogP contribution in [-0.4, -0.2) is 23.8 Å². The summed E-state index contributed by atoms with van der Waals surface area (Å²) in [5.74, 6) is 2.14. The Morgan fingerprint density at radius 2 is 2.04 bits per heavy atom. The molecule has 0 amide bonds. The van der Waals surface area contributed by atoms with E-state index in [2.05, 4.69) is 15.3 Å². The first-order valence-corrected chi connectivity index (χ1v) is 8.21. The van der Waals surface area contributed by atoms with Crippen molar-refractivity contribution < 1.29 is 9.47 Å². The van der Waals surface area contributed by atoms with E-state index in [-0.39, 0.29) is 12.1 Å². The van der Waals surface area contributed by atoms with Crippen LogP contribution >= 0.6 is 22.9 Å². The van der Waals surface area contributed by atoms with E-state index in [1.54, 1.807) is 11.3 Å². The second-order valence-electron chi connectivity index (χ2n) is 4.86. The molecule has 0 spiro atoms. The zero-order valence-corrected chi connectivity index (χ0v) is 13.7. The molecule has 1 aromatic carbocycles. The number of aromatic nitrogens is 2. The average Bonchev–Trinajstić information content (AvgIpc) is 3.24. The van der Waals surface area contributed by atoms with E-state index in [9.17, 15) is 0 Å². The quantitative estimate of drug-likeness (QED) is 0.717. The van der Waals surface area contributed by atoms with Gasteiger partial charge in [-0.2, -0.15) is 0 Å². The van der Waals surface area contributed by atoms with Crippen LogP contribution in [0, 0.1) is 0 Å². The minimum absolute atomic E-state index is 0.197. The predicted octanol–water partition coefficient (Wildman–Crippen LogP) is 4.30. The molecule has 0 fully saturated rings. The highest BCUT2D eigenvalue weighted by Gasteiger charge is 2.20. The van der Waals surface area contributed by atoms with Gasteiger partial charge in [0.15, 0.2) is 11.5 Å². The van der Waals surface area contributed by atoms with E-state index in [0.29, 0.717) is 11.6 Å². The molecule has 2 aromatic heterocycles. The summed E-state index contributed by atoms with van der Waals surface area (Å²) in [5, 5.41) is 5.32. The molecule has 0 aliphatic carbocycles. The van der Waals surface area contributed by atoms with E-state index < -0.39 is 0 Å². The number of nitrogens with one attached hydrogen (secondary N) is 1. The number of thiophene rings is 1. The van der Waals surface area contributed by atoms with Crippen LogP contribution in [0.5, 0.6) is 11.5 Å². The number of nitrogens with zero attached hydrogens (tertiary/aromatic N) is 2. The molecule has 1 aliphatic rings. The van der Waals surface area contributed by atoms with E-state index in [1.165, 1.54) is 0 Å². The standard InChI is InChI=1S/C16H12ClN3O2S/c1-18-15-13(12-3-2-6-23-12)14(19-16(17)20-15)9-4-5-10-11(7-9)22-8-21-10/h2-7H,8H2,1H3,(H,18,19,20). The Bertz CT molecular complexity index is 868. The van der Waals surface area contributed by atoms with Crippen LogP contribution in [0.2, 0.25) is 5.28 Å². The highest BCUT2D eigenvalue weighted by Crippen LogP contribution is 2.42. The second kappa shape index (κ2) is 5.72. The lowest BCUT2D eigenvalue weighted by Gasteiger charge is -2.13. The molecule has 1 N–H and O–H groups in total. The topological polar surface area (TPSA) is 56.3 Å². The lowest BCUT2D eigenvalue weighted by Crippen LogP contribution is -2.00. The van der Waals surface area contributed by atoms with Gasteiger partial charge in [-0.05, 0) is 41.2 Å². The van der Waals surface area contributed by atoms with Gasteiger partial charge in [0, 0.05) is 17.5 Å². The highest BCUT2D eigenvalue weighted by atomic mass is 35.5. The normalized spacial score (nSPS) is 12.4. The summed E-state index contributed by atoms with van der Waals surface area (Å²) in [6.45, 7) is 0.239. The molecular formula is C16H12ClN3O2S. The van der Waals surface area contributed by atoms with E-state index in [4.69, 9.17) is 21.1 Å². The highest BCUT2D eigenvalue weighted by molar-refractivity contribution is 7.13. The van der Waals surface area contributed by atoms with Crippen LogP contribution in [0.25, 0.3) is 21.7 Å². The van der Waals surface area contributed by atoms with Gasteiger partial charge in [0.05, 0.1) is 11.3 Å². The Hall–Kier alpha value is -2.31. The Kier molecular flexibility index (Phi) is 3.55. The molecule has 23 heavy (non-hydrogen) atoms. The van der Waals surface area contributed by atoms with Crippen molar-refractivity contribution in [3.63, 3.8) is 0 Å². The van der Waals surface area contributed by atoms with Crippen molar-refractivity contribution >= 4 is 28.8 Å². The summed E-state index contributed by atoms with van der Waals surface area (Å²) in [4.78, 5) is 9.83. The van der Waals surface area contributed by atoms with Crippen molar-refractivity contribution in [3.8, 4) is 33.2 Å². The first-order valence-electron chi connectivity index (χ1n) is 6.95. The molecule has 0 radical (unpaired) electrons. The SMILES string of the molecule is CNc1nc(Cl)nc(-c2ccc3c(c2)OCO3)c1-c1cccs1. The third-order valence-electron chi connectivity index (χ3n) is 3.53. The second-order valence-corrected chi connectivity index (χ2v) is 6.15. The van der Waals surface area contributed by atoms with Crippen LogP contribution in [-0.2, 0) is 0 Å². The van der Waals surface area contributed by atoms with Gasteiger partial charge in [-0.1, -0.05) is 6.07 Å². The molecule has 0 unspecified atom stereocenters. The fourth-order valence-electron chi connectivity index (χ4n) is 2.52. The van der Waals surface area contributed by atoms with E-state index in [0.717, 1.165) is 27.4 Å². The monoisotopic (exact) mass is 345 g/mol. The lowest BCUT2D eigenvalue weighted by atomic mass is 10.0. The number of hydrogen-bond donors (Lipinski definition) is 1. The van der Waals surface area contributed by atoms with E-state index in [1.807, 2.05) is 42.8 Å². The van der Waals surface area contributed by atoms with Gasteiger partial charge >= 0.3 is 0 Å². The third-order valence-corrected chi connectivity index (χ3v) is 4.59. The van der Waals surface area contributed by atoms with Crippen LogP contribution in [0.15, 0.2) is 35.7 Å². The van der Waals surface area contributed by atoms with Crippen molar-refractivity contribution in [3.05, 3.63) is 41.0 Å². The molecule has 5 nitrogen and oxygen atoms in total. The minimum Gasteiger partial charge on any atom is -0.454 e. The van der Waals surface area contributed by atoms with Gasteiger partial charge in [-0.15, -0.1) is 11.3 Å². The first-order chi connectivity index (χ1) is 11.3. The molecule has 1 aliphatic heterocycles. The summed E-state index contributed by atoms with van der Waals surface area (Å²) < 4.78 is 10.8. The molecule has 0 bridgehead atoms. The zero-order chi connectivity index (χ0) is 15.8. The van der Waals surface area contributed by atoms with Crippen LogP contribution in [0.1, 0.15) is 0 Å². The summed E-state index contributed by atoms with van der Waals surface area (Å²) in [7, 11) is 1.82.